The molecule has 3 aromatic rings. The predicted octanol–water partition coefficient (Wildman–Crippen LogP) is 5.30. The molecule has 172 valence electrons. The second-order valence-corrected chi connectivity index (χ2v) is 8.35. The molecule has 1 aromatic heterocycles. The van der Waals surface area contributed by atoms with E-state index in [4.69, 9.17) is 26.5 Å². The Morgan fingerprint density at radius 1 is 1.18 bits per heavy atom. The minimum atomic E-state index is -0.360. The molecule has 0 bridgehead atoms. The molecule has 0 radical (unpaired) electrons. The monoisotopic (exact) mass is 464 g/mol. The van der Waals surface area contributed by atoms with Gasteiger partial charge in [0.1, 0.15) is 0 Å². The van der Waals surface area contributed by atoms with E-state index in [1.165, 1.54) is 7.11 Å². The molecule has 0 saturated heterocycles. The molecule has 1 atom stereocenters. The number of nitrogens with zero attached hydrogens (tertiary/aromatic N) is 3. The Bertz CT molecular complexity index is 1160. The fourth-order valence-corrected chi connectivity index (χ4v) is 4.37. The second-order valence-electron chi connectivity index (χ2n) is 7.96. The number of methoxy groups -OCH3 is 1. The van der Waals surface area contributed by atoms with E-state index in [2.05, 4.69) is 22.3 Å². The van der Waals surface area contributed by atoms with Crippen LogP contribution < -0.4 is 10.1 Å². The Morgan fingerprint density at radius 3 is 2.67 bits per heavy atom. The van der Waals surface area contributed by atoms with Crippen LogP contribution in [0.1, 0.15) is 50.6 Å². The van der Waals surface area contributed by atoms with Crippen molar-refractivity contribution in [3.8, 4) is 22.9 Å². The zero-order valence-electron chi connectivity index (χ0n) is 19.0. The quantitative estimate of drug-likeness (QED) is 0.343. The smallest absolute Gasteiger partial charge is 0.258 e. The number of aromatic nitrogens is 2. The molecular formula is C25H28N4O3S. The van der Waals surface area contributed by atoms with Crippen LogP contribution in [0.15, 0.2) is 58.8 Å². The van der Waals surface area contributed by atoms with Gasteiger partial charge in [-0.05, 0) is 43.3 Å². The molecule has 2 heterocycles. The lowest BCUT2D eigenvalue weighted by Gasteiger charge is -2.37. The highest BCUT2D eigenvalue weighted by atomic mass is 32.1. The summed E-state index contributed by atoms with van der Waals surface area (Å²) in [6.07, 6.45) is 3.27. The Kier molecular flexibility index (Phi) is 6.93. The fraction of sp³-hybridized carbons (Fsp3) is 0.320. The van der Waals surface area contributed by atoms with Crippen LogP contribution in [0.4, 0.5) is 0 Å². The maximum atomic E-state index is 10.4. The summed E-state index contributed by atoms with van der Waals surface area (Å²) in [6, 6.07) is 14.7. The van der Waals surface area contributed by atoms with Crippen LogP contribution in [0.25, 0.3) is 17.0 Å². The van der Waals surface area contributed by atoms with E-state index >= 15 is 0 Å². The van der Waals surface area contributed by atoms with Gasteiger partial charge < -0.3 is 24.6 Å². The van der Waals surface area contributed by atoms with Crippen LogP contribution in [0, 0.1) is 0 Å². The molecule has 2 aromatic carbocycles. The van der Waals surface area contributed by atoms with Crippen molar-refractivity contribution in [3.05, 3.63) is 65.7 Å². The summed E-state index contributed by atoms with van der Waals surface area (Å²) in [5, 5.41) is 18.7. The van der Waals surface area contributed by atoms with Gasteiger partial charge >= 0.3 is 0 Å². The van der Waals surface area contributed by atoms with Crippen molar-refractivity contribution < 1.29 is 14.4 Å². The molecule has 1 aliphatic heterocycles. The van der Waals surface area contributed by atoms with Gasteiger partial charge in [-0.2, -0.15) is 4.98 Å². The van der Waals surface area contributed by atoms with Crippen LogP contribution in [0.5, 0.6) is 11.5 Å². The van der Waals surface area contributed by atoms with Gasteiger partial charge in [0.25, 0.3) is 5.89 Å². The Balaban J connectivity index is 1.78. The van der Waals surface area contributed by atoms with E-state index in [1.54, 1.807) is 12.1 Å². The second kappa shape index (κ2) is 10.0. The van der Waals surface area contributed by atoms with Crippen LogP contribution in [-0.4, -0.2) is 38.9 Å². The summed E-state index contributed by atoms with van der Waals surface area (Å²) in [4.78, 5) is 6.80. The number of benzene rings is 2. The van der Waals surface area contributed by atoms with Gasteiger partial charge in [0, 0.05) is 17.8 Å². The molecule has 0 fully saturated rings. The Hall–Kier alpha value is -3.39. The van der Waals surface area contributed by atoms with E-state index in [-0.39, 0.29) is 11.8 Å². The highest BCUT2D eigenvalue weighted by Crippen LogP contribution is 2.39. The largest absolute Gasteiger partial charge is 0.504 e. The van der Waals surface area contributed by atoms with Gasteiger partial charge in [0.2, 0.25) is 5.82 Å². The normalized spacial score (nSPS) is 16.2. The molecule has 8 heteroatoms. The van der Waals surface area contributed by atoms with Crippen LogP contribution in [0.3, 0.4) is 0 Å². The first-order chi connectivity index (χ1) is 16.0. The highest BCUT2D eigenvalue weighted by molar-refractivity contribution is 7.80. The minimum absolute atomic E-state index is 0.0561. The number of hydrogen-bond donors (Lipinski definition) is 2. The molecule has 7 nitrogen and oxygen atoms in total. The van der Waals surface area contributed by atoms with Crippen molar-refractivity contribution in [2.24, 2.45) is 0 Å². The first-order valence-electron chi connectivity index (χ1n) is 11.1. The number of allylic oxidation sites excluding steroid dienone is 1. The topological polar surface area (TPSA) is 83.7 Å². The summed E-state index contributed by atoms with van der Waals surface area (Å²) >= 11 is 5.72. The molecule has 4 rings (SSSR count). The molecule has 2 N–H and O–H groups in total. The number of unbranched alkanes of at least 4 members (excludes halogenated alkanes) is 2. The number of ether oxygens (including phenoxy) is 1. The minimum Gasteiger partial charge on any atom is -0.504 e. The van der Waals surface area contributed by atoms with Crippen LogP contribution in [-0.2, 0) is 0 Å². The zero-order chi connectivity index (χ0) is 23.4. The lowest BCUT2D eigenvalue weighted by Crippen LogP contribution is -2.46. The van der Waals surface area contributed by atoms with Crippen molar-refractivity contribution in [2.45, 2.75) is 39.2 Å². The molecule has 0 amide bonds. The third kappa shape index (κ3) is 4.71. The summed E-state index contributed by atoms with van der Waals surface area (Å²) in [7, 11) is 1.52. The first kappa shape index (κ1) is 22.8. The van der Waals surface area contributed by atoms with Crippen molar-refractivity contribution in [1.29, 1.82) is 0 Å². The number of rotatable bonds is 8. The van der Waals surface area contributed by atoms with Crippen LogP contribution >= 0.6 is 12.2 Å². The summed E-state index contributed by atoms with van der Waals surface area (Å²) in [5.74, 6) is 1.40. The van der Waals surface area contributed by atoms with E-state index in [0.717, 1.165) is 48.2 Å². The van der Waals surface area contributed by atoms with E-state index in [0.29, 0.717) is 22.6 Å². The molecule has 0 saturated carbocycles. The number of aromatic hydroxyl groups is 1. The average Bonchev–Trinajstić information content (AvgIpc) is 3.31. The maximum absolute atomic E-state index is 10.4. The van der Waals surface area contributed by atoms with Crippen molar-refractivity contribution in [3.63, 3.8) is 0 Å². The predicted molar refractivity (Wildman–Crippen MR) is 132 cm³/mol. The summed E-state index contributed by atoms with van der Waals surface area (Å²) < 4.78 is 11.0. The van der Waals surface area contributed by atoms with E-state index in [1.807, 2.05) is 43.3 Å². The molecule has 0 spiro atoms. The van der Waals surface area contributed by atoms with E-state index < -0.39 is 0 Å². The average molecular weight is 465 g/mol. The molecule has 0 aliphatic carbocycles. The molecular weight excluding hydrogens is 436 g/mol. The van der Waals surface area contributed by atoms with Gasteiger partial charge in [-0.3, -0.25) is 0 Å². The number of thiocarbonyl (C=S) groups is 1. The molecule has 1 unspecified atom stereocenters. The van der Waals surface area contributed by atoms with Gasteiger partial charge in [-0.1, -0.05) is 61.3 Å². The van der Waals surface area contributed by atoms with Crippen molar-refractivity contribution >= 4 is 22.9 Å². The third-order valence-electron chi connectivity index (χ3n) is 5.81. The SMILES string of the molecule is CCCCCN1C(=S)NC(c2ccc(OC)c(O)c2)C(c2nc(-c3ccccc3)no2)=C1C. The lowest BCUT2D eigenvalue weighted by atomic mass is 9.94. The zero-order valence-corrected chi connectivity index (χ0v) is 19.9. The van der Waals surface area contributed by atoms with Gasteiger partial charge in [0.05, 0.1) is 18.7 Å². The maximum Gasteiger partial charge on any atom is 0.258 e. The number of phenolic OH excluding ortho intramolecular Hbond substituents is 1. The Labute approximate surface area is 199 Å². The molecule has 33 heavy (non-hydrogen) atoms. The number of hydrogen-bond acceptors (Lipinski definition) is 6. The van der Waals surface area contributed by atoms with Gasteiger partial charge in [0.15, 0.2) is 16.6 Å². The number of nitrogens with one attached hydrogen (secondary N) is 1. The highest BCUT2D eigenvalue weighted by Gasteiger charge is 2.34. The Morgan fingerprint density at radius 2 is 1.97 bits per heavy atom. The standard InChI is InChI=1S/C25H28N4O3S/c1-4-5-9-14-29-16(2)21(24-27-23(28-32-24)17-10-7-6-8-11-17)22(26-25(29)33)18-12-13-20(31-3)19(30)15-18/h6-8,10-13,15,22,30H,4-5,9,14H2,1-3H3,(H,26,33). The summed E-state index contributed by atoms with van der Waals surface area (Å²) in [5.41, 5.74) is 3.49. The first-order valence-corrected chi connectivity index (χ1v) is 11.5. The van der Waals surface area contributed by atoms with Crippen molar-refractivity contribution in [2.75, 3.05) is 13.7 Å². The van der Waals surface area contributed by atoms with Crippen LogP contribution in [0.2, 0.25) is 0 Å². The third-order valence-corrected chi connectivity index (χ3v) is 6.14. The van der Waals surface area contributed by atoms with Gasteiger partial charge in [-0.15, -0.1) is 0 Å². The van der Waals surface area contributed by atoms with E-state index in [9.17, 15) is 5.11 Å². The summed E-state index contributed by atoms with van der Waals surface area (Å²) in [6.45, 7) is 5.00. The number of phenols is 1. The fourth-order valence-electron chi connectivity index (χ4n) is 4.02. The lowest BCUT2D eigenvalue weighted by molar-refractivity contribution is 0.372. The van der Waals surface area contributed by atoms with Crippen molar-refractivity contribution in [1.82, 2.24) is 20.4 Å². The molecule has 1 aliphatic rings. The van der Waals surface area contributed by atoms with Gasteiger partial charge in [-0.25, -0.2) is 0 Å².